The van der Waals surface area contributed by atoms with Crippen LogP contribution in [0.25, 0.3) is 0 Å². The molecule has 2 aromatic rings. The van der Waals surface area contributed by atoms with Crippen LogP contribution in [-0.4, -0.2) is 19.2 Å². The van der Waals surface area contributed by atoms with Crippen molar-refractivity contribution in [1.29, 1.82) is 0 Å². The second-order valence-corrected chi connectivity index (χ2v) is 5.03. The lowest BCUT2D eigenvalue weighted by atomic mass is 10.2. The summed E-state index contributed by atoms with van der Waals surface area (Å²) >= 11 is 1.77. The van der Waals surface area contributed by atoms with Gasteiger partial charge in [-0.2, -0.15) is 0 Å². The number of benzene rings is 1. The molecule has 0 bridgehead atoms. The molecule has 0 fully saturated rings. The topological polar surface area (TPSA) is 31.4 Å². The van der Waals surface area contributed by atoms with Gasteiger partial charge in [-0.25, -0.2) is 0 Å². The summed E-state index contributed by atoms with van der Waals surface area (Å²) in [5, 5.41) is 0. The summed E-state index contributed by atoms with van der Waals surface area (Å²) in [5.74, 6) is 0.873. The summed E-state index contributed by atoms with van der Waals surface area (Å²) in [6.07, 6.45) is 1.52. The Kier molecular flexibility index (Phi) is 5.39. The fourth-order valence-electron chi connectivity index (χ4n) is 1.73. The van der Waals surface area contributed by atoms with Crippen molar-refractivity contribution in [1.82, 2.24) is 4.98 Å². The first-order valence-electron chi connectivity index (χ1n) is 6.01. The second-order valence-electron chi connectivity index (χ2n) is 3.98. The Morgan fingerprint density at radius 1 is 1.05 bits per heavy atom. The molecule has 100 valence electrons. The summed E-state index contributed by atoms with van der Waals surface area (Å²) in [5.41, 5.74) is 2.11. The standard InChI is InChI=1S/C15H17NO2S/c1-17-15(18-2)12-6-8-14(9-7-12)19-11-13-5-3-4-10-16-13/h3-10,15H,11H2,1-2H3. The highest BCUT2D eigenvalue weighted by atomic mass is 32.2. The number of hydrogen-bond donors (Lipinski definition) is 0. The summed E-state index contributed by atoms with van der Waals surface area (Å²) in [6.45, 7) is 0. The predicted molar refractivity (Wildman–Crippen MR) is 77.0 cm³/mol. The summed E-state index contributed by atoms with van der Waals surface area (Å²) in [4.78, 5) is 5.51. The second kappa shape index (κ2) is 7.28. The number of hydrogen-bond acceptors (Lipinski definition) is 4. The maximum absolute atomic E-state index is 5.22. The Labute approximate surface area is 118 Å². The zero-order chi connectivity index (χ0) is 13.5. The molecule has 0 N–H and O–H groups in total. The maximum atomic E-state index is 5.22. The number of ether oxygens (including phenoxy) is 2. The molecule has 0 saturated carbocycles. The van der Waals surface area contributed by atoms with Gasteiger partial charge in [0.1, 0.15) is 0 Å². The van der Waals surface area contributed by atoms with Crippen LogP contribution in [0.2, 0.25) is 0 Å². The number of rotatable bonds is 6. The summed E-state index contributed by atoms with van der Waals surface area (Å²) < 4.78 is 10.4. The van der Waals surface area contributed by atoms with Crippen molar-refractivity contribution >= 4 is 11.8 Å². The molecular formula is C15H17NO2S. The fourth-order valence-corrected chi connectivity index (χ4v) is 2.54. The highest BCUT2D eigenvalue weighted by Gasteiger charge is 2.08. The molecule has 3 nitrogen and oxygen atoms in total. The molecule has 0 atom stereocenters. The molecule has 0 radical (unpaired) electrons. The third-order valence-electron chi connectivity index (χ3n) is 2.69. The lowest BCUT2D eigenvalue weighted by Crippen LogP contribution is -2.02. The van der Waals surface area contributed by atoms with E-state index in [0.717, 1.165) is 17.0 Å². The van der Waals surface area contributed by atoms with Gasteiger partial charge in [-0.05, 0) is 24.3 Å². The van der Waals surface area contributed by atoms with E-state index in [-0.39, 0.29) is 6.29 Å². The zero-order valence-corrected chi connectivity index (χ0v) is 11.9. The Bertz CT molecular complexity index is 483. The number of nitrogens with zero attached hydrogens (tertiary/aromatic N) is 1. The molecule has 0 aliphatic heterocycles. The SMILES string of the molecule is COC(OC)c1ccc(SCc2ccccn2)cc1. The maximum Gasteiger partial charge on any atom is 0.183 e. The van der Waals surface area contributed by atoms with Crippen LogP contribution >= 0.6 is 11.8 Å². The Hall–Kier alpha value is -1.36. The average Bonchev–Trinajstić information content (AvgIpc) is 2.49. The minimum atomic E-state index is -0.296. The molecule has 1 aromatic heterocycles. The average molecular weight is 275 g/mol. The molecule has 1 aromatic carbocycles. The molecule has 19 heavy (non-hydrogen) atoms. The van der Waals surface area contributed by atoms with Crippen molar-refractivity contribution in [2.45, 2.75) is 16.9 Å². The first-order chi connectivity index (χ1) is 9.33. The van der Waals surface area contributed by atoms with Crippen LogP contribution in [-0.2, 0) is 15.2 Å². The summed E-state index contributed by atoms with van der Waals surface area (Å²) in [7, 11) is 3.27. The van der Waals surface area contributed by atoms with Crippen LogP contribution in [0.3, 0.4) is 0 Å². The number of thioether (sulfide) groups is 1. The van der Waals surface area contributed by atoms with E-state index < -0.39 is 0 Å². The van der Waals surface area contributed by atoms with Crippen LogP contribution in [0.5, 0.6) is 0 Å². The smallest absolute Gasteiger partial charge is 0.183 e. The number of methoxy groups -OCH3 is 2. The van der Waals surface area contributed by atoms with Gasteiger partial charge >= 0.3 is 0 Å². The third kappa shape index (κ3) is 4.06. The van der Waals surface area contributed by atoms with Crippen LogP contribution in [0.15, 0.2) is 53.6 Å². The minimum absolute atomic E-state index is 0.296. The van der Waals surface area contributed by atoms with Crippen molar-refractivity contribution in [3.05, 3.63) is 59.9 Å². The van der Waals surface area contributed by atoms with Gasteiger partial charge in [0.25, 0.3) is 0 Å². The van der Waals surface area contributed by atoms with Crippen LogP contribution in [0.1, 0.15) is 17.5 Å². The number of pyridine rings is 1. The van der Waals surface area contributed by atoms with E-state index in [1.54, 1.807) is 26.0 Å². The van der Waals surface area contributed by atoms with Crippen molar-refractivity contribution in [2.24, 2.45) is 0 Å². The molecular weight excluding hydrogens is 258 g/mol. The minimum Gasteiger partial charge on any atom is -0.352 e. The third-order valence-corrected chi connectivity index (χ3v) is 3.74. The lowest BCUT2D eigenvalue weighted by molar-refractivity contribution is -0.106. The Morgan fingerprint density at radius 3 is 2.37 bits per heavy atom. The normalized spacial score (nSPS) is 10.9. The predicted octanol–water partition coefficient (Wildman–Crippen LogP) is 3.67. The van der Waals surface area contributed by atoms with E-state index in [0.29, 0.717) is 0 Å². The molecule has 0 amide bonds. The first-order valence-corrected chi connectivity index (χ1v) is 7.00. The number of aromatic nitrogens is 1. The van der Waals surface area contributed by atoms with Gasteiger partial charge < -0.3 is 9.47 Å². The van der Waals surface area contributed by atoms with Gasteiger partial charge in [0.15, 0.2) is 6.29 Å². The van der Waals surface area contributed by atoms with Crippen molar-refractivity contribution in [3.8, 4) is 0 Å². The van der Waals surface area contributed by atoms with Crippen LogP contribution < -0.4 is 0 Å². The van der Waals surface area contributed by atoms with E-state index in [2.05, 4.69) is 17.1 Å². The van der Waals surface area contributed by atoms with Gasteiger partial charge in [-0.15, -0.1) is 11.8 Å². The molecule has 0 aliphatic rings. The highest BCUT2D eigenvalue weighted by Crippen LogP contribution is 2.25. The molecule has 0 saturated heterocycles. The van der Waals surface area contributed by atoms with Crippen molar-refractivity contribution < 1.29 is 9.47 Å². The van der Waals surface area contributed by atoms with Crippen LogP contribution in [0, 0.1) is 0 Å². The Balaban J connectivity index is 1.95. The molecule has 4 heteroatoms. The lowest BCUT2D eigenvalue weighted by Gasteiger charge is -2.13. The first kappa shape index (κ1) is 14.1. The monoisotopic (exact) mass is 275 g/mol. The fraction of sp³-hybridized carbons (Fsp3) is 0.267. The van der Waals surface area contributed by atoms with E-state index in [1.807, 2.05) is 36.5 Å². The molecule has 1 heterocycles. The highest BCUT2D eigenvalue weighted by molar-refractivity contribution is 7.98. The molecule has 2 rings (SSSR count). The van der Waals surface area contributed by atoms with E-state index >= 15 is 0 Å². The van der Waals surface area contributed by atoms with Gasteiger partial charge in [0.05, 0.1) is 5.69 Å². The van der Waals surface area contributed by atoms with E-state index in [4.69, 9.17) is 9.47 Å². The quantitative estimate of drug-likeness (QED) is 0.594. The zero-order valence-electron chi connectivity index (χ0n) is 11.1. The van der Waals surface area contributed by atoms with E-state index in [9.17, 15) is 0 Å². The van der Waals surface area contributed by atoms with Gasteiger partial charge in [-0.3, -0.25) is 4.98 Å². The van der Waals surface area contributed by atoms with Gasteiger partial charge in [0, 0.05) is 36.6 Å². The van der Waals surface area contributed by atoms with Crippen molar-refractivity contribution in [2.75, 3.05) is 14.2 Å². The van der Waals surface area contributed by atoms with Gasteiger partial charge in [0.2, 0.25) is 0 Å². The van der Waals surface area contributed by atoms with Crippen molar-refractivity contribution in [3.63, 3.8) is 0 Å². The summed E-state index contributed by atoms with van der Waals surface area (Å²) in [6, 6.07) is 14.2. The van der Waals surface area contributed by atoms with Crippen LogP contribution in [0.4, 0.5) is 0 Å². The largest absolute Gasteiger partial charge is 0.352 e. The molecule has 0 aliphatic carbocycles. The molecule has 0 unspecified atom stereocenters. The van der Waals surface area contributed by atoms with E-state index in [1.165, 1.54) is 4.90 Å². The molecule has 0 spiro atoms. The Morgan fingerprint density at radius 2 is 1.79 bits per heavy atom. The van der Waals surface area contributed by atoms with Gasteiger partial charge in [-0.1, -0.05) is 18.2 Å².